The van der Waals surface area contributed by atoms with E-state index in [1.165, 1.54) is 6.92 Å². The predicted molar refractivity (Wildman–Crippen MR) is 158 cm³/mol. The highest BCUT2D eigenvalue weighted by atomic mass is 31.2. The van der Waals surface area contributed by atoms with Crippen LogP contribution in [-0.4, -0.2) is 63.3 Å². The Hall–Kier alpha value is -3.39. The monoisotopic (exact) mass is 637 g/mol. The van der Waals surface area contributed by atoms with E-state index >= 15 is 0 Å². The fraction of sp³-hybridized carbons (Fsp3) is 0.483. The molecule has 1 aliphatic rings. The van der Waals surface area contributed by atoms with Crippen LogP contribution < -0.4 is 20.9 Å². The van der Waals surface area contributed by atoms with Gasteiger partial charge < -0.3 is 24.2 Å². The van der Waals surface area contributed by atoms with E-state index in [2.05, 4.69) is 5.09 Å². The standard InChI is InChI=1S/C29H37FN3O10P/c1-4-18(5-2)16-40-28(37)17(3)32-44(39,42-23-12-8-10-19-9-6-7-11-20(19)23)43-24(15-34)26-22(35)13-25(41-26)33-14-21(30)27(36)31-29(33)38/h6-12,14,17-18,22,24-26,34-35H,4-5,13,15-16H2,1-3H3,(H,32,39)(H,31,36,38)/t17-,22?,24+,25+,26-,44-/m0/s1. The Morgan fingerprint density at radius 1 is 1.20 bits per heavy atom. The van der Waals surface area contributed by atoms with E-state index in [0.717, 1.165) is 22.8 Å². The molecule has 0 saturated carbocycles. The lowest BCUT2D eigenvalue weighted by Gasteiger charge is -2.30. The fourth-order valence-electron chi connectivity index (χ4n) is 4.86. The van der Waals surface area contributed by atoms with Gasteiger partial charge in [-0.3, -0.25) is 23.7 Å². The molecule has 0 aliphatic carbocycles. The van der Waals surface area contributed by atoms with Crippen molar-refractivity contribution in [3.63, 3.8) is 0 Å². The lowest BCUT2D eigenvalue weighted by molar-refractivity contribution is -0.146. The number of aliphatic hydroxyl groups excluding tert-OH is 2. The van der Waals surface area contributed by atoms with Crippen LogP contribution >= 0.6 is 7.75 Å². The topological polar surface area (TPSA) is 178 Å². The Morgan fingerprint density at radius 2 is 1.91 bits per heavy atom. The van der Waals surface area contributed by atoms with E-state index < -0.39 is 68.0 Å². The second kappa shape index (κ2) is 14.6. The number of aliphatic hydroxyl groups is 2. The highest BCUT2D eigenvalue weighted by Gasteiger charge is 2.45. The number of H-pyrrole nitrogens is 1. The molecule has 13 nitrogen and oxygen atoms in total. The van der Waals surface area contributed by atoms with Crippen molar-refractivity contribution in [1.82, 2.24) is 14.6 Å². The molecule has 4 N–H and O–H groups in total. The summed E-state index contributed by atoms with van der Waals surface area (Å²) < 4.78 is 51.9. The molecule has 6 atom stereocenters. The van der Waals surface area contributed by atoms with Gasteiger partial charge in [-0.15, -0.1) is 0 Å². The van der Waals surface area contributed by atoms with Crippen LogP contribution in [0.4, 0.5) is 4.39 Å². The number of carbonyl (C=O) groups is 1. The van der Waals surface area contributed by atoms with Gasteiger partial charge in [-0.1, -0.05) is 63.1 Å². The lowest BCUT2D eigenvalue weighted by atomic mass is 10.1. The zero-order chi connectivity index (χ0) is 32.0. The van der Waals surface area contributed by atoms with Crippen LogP contribution in [0.3, 0.4) is 0 Å². The molecular weight excluding hydrogens is 600 g/mol. The molecule has 240 valence electrons. The minimum atomic E-state index is -4.56. The molecule has 2 heterocycles. The molecule has 1 saturated heterocycles. The van der Waals surface area contributed by atoms with Crippen molar-refractivity contribution in [1.29, 1.82) is 0 Å². The van der Waals surface area contributed by atoms with Crippen LogP contribution in [0, 0.1) is 11.7 Å². The smallest absolute Gasteiger partial charge is 0.459 e. The Labute approximate surface area is 252 Å². The first-order chi connectivity index (χ1) is 21.0. The number of carbonyl (C=O) groups excluding carboxylic acids is 1. The zero-order valence-electron chi connectivity index (χ0n) is 24.6. The summed E-state index contributed by atoms with van der Waals surface area (Å²) in [5, 5.41) is 25.0. The third kappa shape index (κ3) is 7.81. The average Bonchev–Trinajstić information content (AvgIpc) is 3.39. The number of esters is 1. The molecule has 1 aliphatic heterocycles. The molecule has 2 aromatic carbocycles. The first-order valence-corrected chi connectivity index (χ1v) is 15.9. The highest BCUT2D eigenvalue weighted by molar-refractivity contribution is 7.52. The van der Waals surface area contributed by atoms with Gasteiger partial charge in [0.05, 0.1) is 25.5 Å². The van der Waals surface area contributed by atoms with Crippen LogP contribution in [0.15, 0.2) is 58.3 Å². The number of hydrogen-bond donors (Lipinski definition) is 4. The van der Waals surface area contributed by atoms with Gasteiger partial charge in [0.1, 0.15) is 30.2 Å². The van der Waals surface area contributed by atoms with E-state index in [4.69, 9.17) is 18.5 Å². The number of aromatic amines is 1. The summed E-state index contributed by atoms with van der Waals surface area (Å²) >= 11 is 0. The number of benzene rings is 2. The third-order valence-electron chi connectivity index (χ3n) is 7.48. The van der Waals surface area contributed by atoms with Gasteiger partial charge in [0, 0.05) is 11.8 Å². The summed E-state index contributed by atoms with van der Waals surface area (Å²) in [6.07, 6.45) is -3.54. The summed E-state index contributed by atoms with van der Waals surface area (Å²) in [6.45, 7) is 4.71. The lowest BCUT2D eigenvalue weighted by Crippen LogP contribution is -2.42. The number of hydrogen-bond acceptors (Lipinski definition) is 10. The van der Waals surface area contributed by atoms with Gasteiger partial charge in [0.2, 0.25) is 5.82 Å². The third-order valence-corrected chi connectivity index (χ3v) is 9.17. The maximum Gasteiger partial charge on any atom is 0.459 e. The normalized spacial score (nSPS) is 21.2. The SMILES string of the molecule is CCC(CC)COC(=O)[C@H](C)N[P@](=O)(Oc1cccc2ccccc12)O[C@H](CO)[C@H]1O[C@@H](n2cc(F)c(=O)[nH]c2=O)CC1O. The fourth-order valence-corrected chi connectivity index (χ4v) is 6.55. The Kier molecular flexibility index (Phi) is 11.1. The summed E-state index contributed by atoms with van der Waals surface area (Å²) in [5.41, 5.74) is -2.20. The number of halogens is 1. The molecule has 0 spiro atoms. The van der Waals surface area contributed by atoms with Crippen molar-refractivity contribution in [3.05, 3.63) is 75.3 Å². The summed E-state index contributed by atoms with van der Waals surface area (Å²) in [5.74, 6) is -1.66. The van der Waals surface area contributed by atoms with Crippen molar-refractivity contribution < 1.29 is 42.5 Å². The summed E-state index contributed by atoms with van der Waals surface area (Å²) in [7, 11) is -4.56. The summed E-state index contributed by atoms with van der Waals surface area (Å²) in [4.78, 5) is 38.4. The molecule has 1 fully saturated rings. The molecule has 4 rings (SSSR count). The highest BCUT2D eigenvalue weighted by Crippen LogP contribution is 2.49. The number of nitrogens with one attached hydrogen (secondary N) is 2. The van der Waals surface area contributed by atoms with Gasteiger partial charge in [-0.2, -0.15) is 9.48 Å². The van der Waals surface area contributed by atoms with Crippen LogP contribution in [0.2, 0.25) is 0 Å². The van der Waals surface area contributed by atoms with Gasteiger partial charge in [-0.25, -0.2) is 9.36 Å². The molecule has 3 aromatic rings. The minimum absolute atomic E-state index is 0.147. The Balaban J connectivity index is 1.60. The van der Waals surface area contributed by atoms with E-state index in [9.17, 15) is 33.6 Å². The van der Waals surface area contributed by atoms with Gasteiger partial charge in [-0.05, 0) is 24.3 Å². The number of fused-ring (bicyclic) bond motifs is 1. The zero-order valence-corrected chi connectivity index (χ0v) is 25.4. The minimum Gasteiger partial charge on any atom is -0.464 e. The van der Waals surface area contributed by atoms with Crippen molar-refractivity contribution in [2.24, 2.45) is 5.92 Å². The number of ether oxygens (including phenoxy) is 2. The van der Waals surface area contributed by atoms with Gasteiger partial charge >= 0.3 is 19.4 Å². The first kappa shape index (κ1) is 33.5. The molecular formula is C29H37FN3O10P. The van der Waals surface area contributed by atoms with Crippen molar-refractivity contribution in [3.8, 4) is 5.75 Å². The van der Waals surface area contributed by atoms with E-state index in [1.807, 2.05) is 37.0 Å². The van der Waals surface area contributed by atoms with Crippen LogP contribution in [0.1, 0.15) is 46.3 Å². The second-order valence-corrected chi connectivity index (χ2v) is 12.2. The summed E-state index contributed by atoms with van der Waals surface area (Å²) in [6, 6.07) is 11.0. The predicted octanol–water partition coefficient (Wildman–Crippen LogP) is 3.00. The molecule has 1 aromatic heterocycles. The number of nitrogens with zero attached hydrogens (tertiary/aromatic N) is 1. The number of rotatable bonds is 14. The molecule has 44 heavy (non-hydrogen) atoms. The molecule has 0 amide bonds. The number of aromatic nitrogens is 2. The van der Waals surface area contributed by atoms with Crippen LogP contribution in [0.25, 0.3) is 10.8 Å². The van der Waals surface area contributed by atoms with Crippen molar-refractivity contribution in [2.75, 3.05) is 13.2 Å². The second-order valence-electron chi connectivity index (χ2n) is 10.6. The quantitative estimate of drug-likeness (QED) is 0.151. The van der Waals surface area contributed by atoms with Crippen LogP contribution in [-0.2, 0) is 23.4 Å². The molecule has 0 radical (unpaired) electrons. The van der Waals surface area contributed by atoms with E-state index in [0.29, 0.717) is 11.6 Å². The average molecular weight is 638 g/mol. The van der Waals surface area contributed by atoms with Gasteiger partial charge in [0.15, 0.2) is 0 Å². The maximum absolute atomic E-state index is 14.4. The Bertz CT molecular complexity index is 1600. The van der Waals surface area contributed by atoms with E-state index in [-0.39, 0.29) is 24.7 Å². The van der Waals surface area contributed by atoms with Crippen molar-refractivity contribution in [2.45, 2.75) is 70.6 Å². The van der Waals surface area contributed by atoms with Crippen LogP contribution in [0.5, 0.6) is 5.75 Å². The Morgan fingerprint density at radius 3 is 2.61 bits per heavy atom. The first-order valence-electron chi connectivity index (χ1n) is 14.3. The molecule has 0 bridgehead atoms. The van der Waals surface area contributed by atoms with Crippen molar-refractivity contribution >= 4 is 24.5 Å². The van der Waals surface area contributed by atoms with E-state index in [1.54, 1.807) is 24.3 Å². The molecule has 15 heteroatoms. The van der Waals surface area contributed by atoms with Gasteiger partial charge in [0.25, 0.3) is 5.56 Å². The largest absolute Gasteiger partial charge is 0.464 e. The molecule has 1 unspecified atom stereocenters. The maximum atomic E-state index is 14.4.